The van der Waals surface area contributed by atoms with E-state index in [2.05, 4.69) is 4.99 Å². The average Bonchev–Trinajstić information content (AvgIpc) is 2.97. The summed E-state index contributed by atoms with van der Waals surface area (Å²) < 4.78 is 10.8. The van der Waals surface area contributed by atoms with Crippen LogP contribution in [0.2, 0.25) is 0 Å². The van der Waals surface area contributed by atoms with Crippen LogP contribution in [0.1, 0.15) is 19.4 Å². The van der Waals surface area contributed by atoms with Crippen molar-refractivity contribution in [1.29, 1.82) is 0 Å². The molecule has 140 valence electrons. The third kappa shape index (κ3) is 4.01. The molecule has 1 fully saturated rings. The highest BCUT2D eigenvalue weighted by Gasteiger charge is 2.35. The van der Waals surface area contributed by atoms with Gasteiger partial charge < -0.3 is 9.47 Å². The normalized spacial score (nSPS) is 17.2. The molecule has 2 aromatic carbocycles. The van der Waals surface area contributed by atoms with Crippen molar-refractivity contribution in [3.63, 3.8) is 0 Å². The summed E-state index contributed by atoms with van der Waals surface area (Å²) in [6.07, 6.45) is 1.83. The van der Waals surface area contributed by atoms with Gasteiger partial charge in [0.2, 0.25) is 0 Å². The monoisotopic (exact) mass is 382 g/mol. The van der Waals surface area contributed by atoms with E-state index in [9.17, 15) is 4.79 Å². The third-order valence-electron chi connectivity index (χ3n) is 4.05. The fourth-order valence-electron chi connectivity index (χ4n) is 2.80. The lowest BCUT2D eigenvalue weighted by atomic mass is 10.1. The van der Waals surface area contributed by atoms with Crippen LogP contribution in [0.5, 0.6) is 11.5 Å². The fourth-order valence-corrected chi connectivity index (χ4v) is 3.91. The topological polar surface area (TPSA) is 51.1 Å². The number of nitrogens with zero attached hydrogens (tertiary/aromatic N) is 2. The van der Waals surface area contributed by atoms with Crippen LogP contribution in [0.3, 0.4) is 0 Å². The third-order valence-corrected chi connectivity index (χ3v) is 5.04. The Morgan fingerprint density at radius 3 is 2.41 bits per heavy atom. The molecule has 6 heteroatoms. The number of methoxy groups -OCH3 is 2. The molecule has 0 radical (unpaired) electrons. The van der Waals surface area contributed by atoms with Crippen molar-refractivity contribution < 1.29 is 14.3 Å². The number of rotatable bonds is 5. The average molecular weight is 382 g/mol. The van der Waals surface area contributed by atoms with Crippen LogP contribution >= 0.6 is 11.8 Å². The summed E-state index contributed by atoms with van der Waals surface area (Å²) in [7, 11) is 3.18. The SMILES string of the molecule is COc1cccc(/C=C2\SC(=Nc3ccccc3)N(C(C)C)C2=O)c1OC. The first-order chi connectivity index (χ1) is 13.0. The fraction of sp³-hybridized carbons (Fsp3) is 0.238. The highest BCUT2D eigenvalue weighted by atomic mass is 32.2. The minimum absolute atomic E-state index is 0.00515. The number of carbonyl (C=O) groups excluding carboxylic acids is 1. The Morgan fingerprint density at radius 2 is 1.78 bits per heavy atom. The molecular weight excluding hydrogens is 360 g/mol. The van der Waals surface area contributed by atoms with Gasteiger partial charge in [-0.25, -0.2) is 4.99 Å². The quantitative estimate of drug-likeness (QED) is 0.703. The van der Waals surface area contributed by atoms with Crippen LogP contribution in [0, 0.1) is 0 Å². The van der Waals surface area contributed by atoms with E-state index in [1.165, 1.54) is 11.8 Å². The van der Waals surface area contributed by atoms with Gasteiger partial charge in [-0.1, -0.05) is 30.3 Å². The maximum Gasteiger partial charge on any atom is 0.266 e. The van der Waals surface area contributed by atoms with E-state index in [-0.39, 0.29) is 11.9 Å². The zero-order valence-electron chi connectivity index (χ0n) is 15.8. The zero-order valence-corrected chi connectivity index (χ0v) is 16.6. The second-order valence-corrected chi connectivity index (χ2v) is 7.20. The van der Waals surface area contributed by atoms with Gasteiger partial charge in [-0.05, 0) is 49.9 Å². The molecular formula is C21H22N2O3S. The summed E-state index contributed by atoms with van der Waals surface area (Å²) in [6.45, 7) is 3.96. The van der Waals surface area contributed by atoms with Gasteiger partial charge in [0.05, 0.1) is 24.8 Å². The van der Waals surface area contributed by atoms with E-state index >= 15 is 0 Å². The number of amidine groups is 1. The van der Waals surface area contributed by atoms with Crippen molar-refractivity contribution >= 4 is 34.6 Å². The van der Waals surface area contributed by atoms with Crippen LogP contribution in [0.4, 0.5) is 5.69 Å². The van der Waals surface area contributed by atoms with Crippen molar-refractivity contribution in [1.82, 2.24) is 4.90 Å². The van der Waals surface area contributed by atoms with Crippen molar-refractivity contribution in [2.75, 3.05) is 14.2 Å². The van der Waals surface area contributed by atoms with Gasteiger partial charge in [0, 0.05) is 11.6 Å². The van der Waals surface area contributed by atoms with E-state index in [0.717, 1.165) is 11.3 Å². The molecule has 0 aromatic heterocycles. The molecule has 1 aliphatic heterocycles. The van der Waals surface area contributed by atoms with Gasteiger partial charge in [-0.3, -0.25) is 9.69 Å². The van der Waals surface area contributed by atoms with Crippen LogP contribution in [-0.2, 0) is 4.79 Å². The number of aliphatic imine (C=N–C) groups is 1. The van der Waals surface area contributed by atoms with Crippen molar-refractivity contribution in [3.8, 4) is 11.5 Å². The van der Waals surface area contributed by atoms with E-state index in [1.807, 2.05) is 68.5 Å². The number of para-hydroxylation sites is 2. The molecule has 0 saturated carbocycles. The Balaban J connectivity index is 2.02. The smallest absolute Gasteiger partial charge is 0.266 e. The molecule has 27 heavy (non-hydrogen) atoms. The van der Waals surface area contributed by atoms with E-state index in [4.69, 9.17) is 9.47 Å². The lowest BCUT2D eigenvalue weighted by molar-refractivity contribution is -0.123. The first kappa shape index (κ1) is 19.0. The molecule has 0 unspecified atom stereocenters. The number of thioether (sulfide) groups is 1. The Morgan fingerprint density at radius 1 is 1.04 bits per heavy atom. The van der Waals surface area contributed by atoms with Crippen molar-refractivity contribution in [2.24, 2.45) is 4.99 Å². The standard InChI is InChI=1S/C21H22N2O3S/c1-14(2)23-20(24)18(27-21(23)22-16-10-6-5-7-11-16)13-15-9-8-12-17(25-3)19(15)26-4/h5-14H,1-4H3/b18-13-,22-21?. The van der Waals surface area contributed by atoms with Crippen LogP contribution < -0.4 is 9.47 Å². The minimum Gasteiger partial charge on any atom is -0.493 e. The Bertz CT molecular complexity index is 892. The highest BCUT2D eigenvalue weighted by molar-refractivity contribution is 8.18. The van der Waals surface area contributed by atoms with E-state index in [1.54, 1.807) is 19.1 Å². The molecule has 0 spiro atoms. The maximum atomic E-state index is 13.0. The van der Waals surface area contributed by atoms with E-state index < -0.39 is 0 Å². The van der Waals surface area contributed by atoms with E-state index in [0.29, 0.717) is 21.6 Å². The summed E-state index contributed by atoms with van der Waals surface area (Å²) in [5.41, 5.74) is 1.61. The van der Waals surface area contributed by atoms with Gasteiger partial charge in [0.1, 0.15) is 0 Å². The largest absolute Gasteiger partial charge is 0.493 e. The molecule has 1 saturated heterocycles. The van der Waals surface area contributed by atoms with Gasteiger partial charge in [0.25, 0.3) is 5.91 Å². The number of amides is 1. The minimum atomic E-state index is -0.0606. The predicted molar refractivity (Wildman–Crippen MR) is 111 cm³/mol. The van der Waals surface area contributed by atoms with Crippen molar-refractivity contribution in [3.05, 3.63) is 59.0 Å². The molecule has 0 bridgehead atoms. The molecule has 0 atom stereocenters. The lowest BCUT2D eigenvalue weighted by Crippen LogP contribution is -2.35. The van der Waals surface area contributed by atoms with Crippen LogP contribution in [0.25, 0.3) is 6.08 Å². The summed E-state index contributed by atoms with van der Waals surface area (Å²) >= 11 is 1.37. The highest BCUT2D eigenvalue weighted by Crippen LogP contribution is 2.38. The molecule has 1 amide bonds. The van der Waals surface area contributed by atoms with Crippen LogP contribution in [0.15, 0.2) is 58.4 Å². The number of carbonyl (C=O) groups is 1. The summed E-state index contributed by atoms with van der Waals surface area (Å²) in [5.74, 6) is 1.17. The molecule has 3 rings (SSSR count). The molecule has 0 aliphatic carbocycles. The van der Waals surface area contributed by atoms with Crippen LogP contribution in [-0.4, -0.2) is 36.2 Å². The molecule has 1 heterocycles. The first-order valence-electron chi connectivity index (χ1n) is 8.63. The Hall–Kier alpha value is -2.73. The number of hydrogen-bond donors (Lipinski definition) is 0. The summed E-state index contributed by atoms with van der Waals surface area (Å²) in [4.78, 5) is 20.0. The van der Waals surface area contributed by atoms with Gasteiger partial charge in [-0.15, -0.1) is 0 Å². The molecule has 0 N–H and O–H groups in total. The number of benzene rings is 2. The molecule has 2 aromatic rings. The number of ether oxygens (including phenoxy) is 2. The number of hydrogen-bond acceptors (Lipinski definition) is 5. The maximum absolute atomic E-state index is 13.0. The second-order valence-electron chi connectivity index (χ2n) is 6.19. The van der Waals surface area contributed by atoms with Crippen molar-refractivity contribution in [2.45, 2.75) is 19.9 Å². The molecule has 5 nitrogen and oxygen atoms in total. The molecule has 1 aliphatic rings. The van der Waals surface area contributed by atoms with Gasteiger partial charge in [0.15, 0.2) is 16.7 Å². The Kier molecular flexibility index (Phi) is 5.86. The predicted octanol–water partition coefficient (Wildman–Crippen LogP) is 4.72. The summed E-state index contributed by atoms with van der Waals surface area (Å²) in [5, 5.41) is 0.675. The van der Waals surface area contributed by atoms with Gasteiger partial charge in [-0.2, -0.15) is 0 Å². The lowest BCUT2D eigenvalue weighted by Gasteiger charge is -2.19. The summed E-state index contributed by atoms with van der Waals surface area (Å²) in [6, 6.07) is 15.2. The second kappa shape index (κ2) is 8.31. The zero-order chi connectivity index (χ0) is 19.4. The first-order valence-corrected chi connectivity index (χ1v) is 9.44. The Labute approximate surface area is 163 Å². The van der Waals surface area contributed by atoms with Gasteiger partial charge >= 0.3 is 0 Å².